The van der Waals surface area contributed by atoms with Gasteiger partial charge in [-0.2, -0.15) is 0 Å². The van der Waals surface area contributed by atoms with Gasteiger partial charge in [-0.1, -0.05) is 13.8 Å². The summed E-state index contributed by atoms with van der Waals surface area (Å²) < 4.78 is 19.0. The first-order valence-electron chi connectivity index (χ1n) is 7.93. The Kier molecular flexibility index (Phi) is 5.72. The molecule has 0 atom stereocenters. The van der Waals surface area contributed by atoms with E-state index in [1.807, 2.05) is 24.3 Å². The molecule has 2 rings (SSSR count). The van der Waals surface area contributed by atoms with Crippen LogP contribution in [-0.2, 0) is 0 Å². The second kappa shape index (κ2) is 7.55. The molecule has 0 heterocycles. The summed E-state index contributed by atoms with van der Waals surface area (Å²) in [5, 5.41) is 0. The smallest absolute Gasteiger partial charge is 0.245 e. The molecule has 0 fully saturated rings. The predicted molar refractivity (Wildman–Crippen MR) is 97.9 cm³/mol. The molecule has 0 spiro atoms. The molecule has 0 aromatic heterocycles. The van der Waals surface area contributed by atoms with E-state index in [9.17, 15) is 4.39 Å². The summed E-state index contributed by atoms with van der Waals surface area (Å²) in [5.74, 6) is 1.32. The zero-order valence-corrected chi connectivity index (χ0v) is 15.2. The Morgan fingerprint density at radius 2 is 1.65 bits per heavy atom. The molecular formula is C19H24FNOSi. The van der Waals surface area contributed by atoms with E-state index in [-0.39, 0.29) is 5.82 Å². The Balaban J connectivity index is 2.00. The quantitative estimate of drug-likeness (QED) is 0.483. The average molecular weight is 329 g/mol. The number of rotatable bonds is 6. The Morgan fingerprint density at radius 3 is 2.22 bits per heavy atom. The summed E-state index contributed by atoms with van der Waals surface area (Å²) in [7, 11) is -1.67. The van der Waals surface area contributed by atoms with Crippen molar-refractivity contribution in [3.63, 3.8) is 0 Å². The lowest BCUT2D eigenvalue weighted by molar-refractivity contribution is 0.528. The fourth-order valence-corrected chi connectivity index (χ4v) is 5.47. The highest BCUT2D eigenvalue weighted by molar-refractivity contribution is 6.71. The molecule has 0 aliphatic heterocycles. The van der Waals surface area contributed by atoms with Crippen molar-refractivity contribution < 1.29 is 8.82 Å². The van der Waals surface area contributed by atoms with Gasteiger partial charge in [-0.25, -0.2) is 4.39 Å². The van der Waals surface area contributed by atoms with E-state index in [0.29, 0.717) is 5.92 Å². The first kappa shape index (κ1) is 17.4. The van der Waals surface area contributed by atoms with Crippen LogP contribution < -0.4 is 4.43 Å². The van der Waals surface area contributed by atoms with Crippen LogP contribution in [0.15, 0.2) is 53.5 Å². The van der Waals surface area contributed by atoms with Crippen LogP contribution in [0.3, 0.4) is 0 Å². The van der Waals surface area contributed by atoms with Crippen molar-refractivity contribution in [2.75, 3.05) is 0 Å². The number of halogens is 1. The number of hydrogen-bond donors (Lipinski definition) is 0. The predicted octanol–water partition coefficient (Wildman–Crippen LogP) is 5.82. The third kappa shape index (κ3) is 5.98. The van der Waals surface area contributed by atoms with Gasteiger partial charge < -0.3 is 4.43 Å². The lowest BCUT2D eigenvalue weighted by Crippen LogP contribution is -2.35. The van der Waals surface area contributed by atoms with Gasteiger partial charge in [-0.3, -0.25) is 4.99 Å². The molecule has 2 aromatic rings. The molecular weight excluding hydrogens is 305 g/mol. The van der Waals surface area contributed by atoms with Crippen LogP contribution in [0.4, 0.5) is 10.1 Å². The van der Waals surface area contributed by atoms with Gasteiger partial charge in [-0.15, -0.1) is 0 Å². The van der Waals surface area contributed by atoms with Crippen LogP contribution in [0.5, 0.6) is 5.75 Å². The second-order valence-electron chi connectivity index (χ2n) is 6.76. The minimum absolute atomic E-state index is 0.251. The van der Waals surface area contributed by atoms with E-state index in [4.69, 9.17) is 4.43 Å². The van der Waals surface area contributed by atoms with Crippen LogP contribution in [0, 0.1) is 11.7 Å². The van der Waals surface area contributed by atoms with Gasteiger partial charge in [0, 0.05) is 6.21 Å². The van der Waals surface area contributed by atoms with Crippen molar-refractivity contribution >= 4 is 20.2 Å². The van der Waals surface area contributed by atoms with Gasteiger partial charge in [0.1, 0.15) is 11.6 Å². The number of benzene rings is 2. The van der Waals surface area contributed by atoms with Gasteiger partial charge in [0.15, 0.2) is 0 Å². The van der Waals surface area contributed by atoms with Crippen LogP contribution in [0.2, 0.25) is 19.1 Å². The minimum atomic E-state index is -1.67. The number of aliphatic imine (C=N–C) groups is 1. The molecule has 0 N–H and O–H groups in total. The molecule has 2 nitrogen and oxygen atoms in total. The van der Waals surface area contributed by atoms with Gasteiger partial charge in [-0.05, 0) is 79.2 Å². The molecule has 122 valence electrons. The maximum atomic E-state index is 12.8. The highest BCUT2D eigenvalue weighted by atomic mass is 28.4. The minimum Gasteiger partial charge on any atom is -0.544 e. The third-order valence-electron chi connectivity index (χ3n) is 3.36. The SMILES string of the molecule is CC(C)C[Si](C)(C)Oc1ccc(/C=N/c2ccc(F)cc2)cc1. The Morgan fingerprint density at radius 1 is 1.04 bits per heavy atom. The lowest BCUT2D eigenvalue weighted by atomic mass is 10.2. The van der Waals surface area contributed by atoms with E-state index >= 15 is 0 Å². The standard InChI is InChI=1S/C19H24FNOSi/c1-15(2)14-23(3,4)22-19-11-5-16(6-12-19)13-21-18-9-7-17(20)8-10-18/h5-13,15H,14H2,1-4H3/b21-13+. The van der Waals surface area contributed by atoms with E-state index in [1.165, 1.54) is 12.1 Å². The summed E-state index contributed by atoms with van der Waals surface area (Å²) in [4.78, 5) is 4.34. The summed E-state index contributed by atoms with van der Waals surface area (Å²) in [6.45, 7) is 8.95. The fraction of sp³-hybridized carbons (Fsp3) is 0.316. The van der Waals surface area contributed by atoms with Crippen molar-refractivity contribution in [1.82, 2.24) is 0 Å². The Hall–Kier alpha value is -1.94. The van der Waals surface area contributed by atoms with Crippen LogP contribution in [0.25, 0.3) is 0 Å². The second-order valence-corrected chi connectivity index (χ2v) is 10.9. The molecule has 0 radical (unpaired) electrons. The van der Waals surface area contributed by atoms with Crippen molar-refractivity contribution in [3.05, 3.63) is 59.9 Å². The molecule has 2 aromatic carbocycles. The largest absolute Gasteiger partial charge is 0.544 e. The Bertz CT molecular complexity index is 648. The van der Waals surface area contributed by atoms with Crippen molar-refractivity contribution in [1.29, 1.82) is 0 Å². The maximum absolute atomic E-state index is 12.8. The van der Waals surface area contributed by atoms with Crippen LogP contribution >= 0.6 is 0 Å². The molecule has 0 saturated carbocycles. The molecule has 4 heteroatoms. The van der Waals surface area contributed by atoms with Crippen LogP contribution in [-0.4, -0.2) is 14.5 Å². The Labute approximate surface area is 139 Å². The first-order valence-corrected chi connectivity index (χ1v) is 11.0. The highest BCUT2D eigenvalue weighted by Gasteiger charge is 2.25. The average Bonchev–Trinajstić information content (AvgIpc) is 2.46. The van der Waals surface area contributed by atoms with Crippen molar-refractivity contribution in [2.45, 2.75) is 33.0 Å². The molecule has 0 saturated heterocycles. The topological polar surface area (TPSA) is 21.6 Å². The molecule has 0 unspecified atom stereocenters. The molecule has 0 bridgehead atoms. The summed E-state index contributed by atoms with van der Waals surface area (Å²) >= 11 is 0. The van der Waals surface area contributed by atoms with E-state index < -0.39 is 8.32 Å². The lowest BCUT2D eigenvalue weighted by Gasteiger charge is -2.25. The zero-order valence-electron chi connectivity index (χ0n) is 14.2. The van der Waals surface area contributed by atoms with Gasteiger partial charge in [0.25, 0.3) is 0 Å². The first-order chi connectivity index (χ1) is 10.8. The molecule has 0 aliphatic carbocycles. The fourth-order valence-electron chi connectivity index (χ4n) is 2.64. The van der Waals surface area contributed by atoms with Gasteiger partial charge >= 0.3 is 0 Å². The monoisotopic (exact) mass is 329 g/mol. The van der Waals surface area contributed by atoms with E-state index in [0.717, 1.165) is 23.0 Å². The summed E-state index contributed by atoms with van der Waals surface area (Å²) in [5.41, 5.74) is 1.72. The maximum Gasteiger partial charge on any atom is 0.245 e. The number of hydrogen-bond acceptors (Lipinski definition) is 2. The van der Waals surface area contributed by atoms with E-state index in [1.54, 1.807) is 18.3 Å². The third-order valence-corrected chi connectivity index (χ3v) is 5.95. The van der Waals surface area contributed by atoms with Gasteiger partial charge in [0.2, 0.25) is 8.32 Å². The van der Waals surface area contributed by atoms with Gasteiger partial charge in [0.05, 0.1) is 5.69 Å². The highest BCUT2D eigenvalue weighted by Crippen LogP contribution is 2.22. The summed E-state index contributed by atoms with van der Waals surface area (Å²) in [6.07, 6.45) is 1.77. The summed E-state index contributed by atoms with van der Waals surface area (Å²) in [6, 6.07) is 15.2. The zero-order chi connectivity index (χ0) is 16.9. The van der Waals surface area contributed by atoms with Crippen LogP contribution in [0.1, 0.15) is 19.4 Å². The number of nitrogens with zero attached hydrogens (tertiary/aromatic N) is 1. The molecule has 23 heavy (non-hydrogen) atoms. The molecule has 0 amide bonds. The molecule has 0 aliphatic rings. The normalized spacial score (nSPS) is 12.1. The van der Waals surface area contributed by atoms with Crippen molar-refractivity contribution in [2.24, 2.45) is 10.9 Å². The van der Waals surface area contributed by atoms with E-state index in [2.05, 4.69) is 31.9 Å². The van der Waals surface area contributed by atoms with Crippen molar-refractivity contribution in [3.8, 4) is 5.75 Å².